The molecule has 0 amide bonds. The molecule has 0 aliphatic carbocycles. The highest BCUT2D eigenvalue weighted by Gasteiger charge is 2.34. The van der Waals surface area contributed by atoms with Crippen LogP contribution in [0.5, 0.6) is 0 Å². The summed E-state index contributed by atoms with van der Waals surface area (Å²) in [5, 5.41) is 11.2. The Bertz CT molecular complexity index is 1940. The Balaban J connectivity index is 1.61. The maximum absolute atomic E-state index is 13.9. The Kier molecular flexibility index (Phi) is 8.47. The molecule has 3 heterocycles. The van der Waals surface area contributed by atoms with Crippen LogP contribution in [0, 0.1) is 10.1 Å². The number of nitro benzene ring substituents is 1. The van der Waals surface area contributed by atoms with Gasteiger partial charge in [0.2, 0.25) is 0 Å². The number of thioether (sulfide) groups is 1. The quantitative estimate of drug-likeness (QED) is 0.0992. The Labute approximate surface area is 257 Å². The van der Waals surface area contributed by atoms with E-state index in [-0.39, 0.29) is 27.4 Å². The van der Waals surface area contributed by atoms with Gasteiger partial charge in [-0.3, -0.25) is 19.5 Å². The van der Waals surface area contributed by atoms with Gasteiger partial charge >= 0.3 is 5.97 Å². The highest BCUT2D eigenvalue weighted by molar-refractivity contribution is 7.98. The monoisotopic (exact) mass is 643 g/mol. The number of thiazole rings is 1. The first-order valence-electron chi connectivity index (χ1n) is 12.6. The normalized spacial score (nSPS) is 15.1. The van der Waals surface area contributed by atoms with Crippen molar-refractivity contribution in [2.75, 3.05) is 6.26 Å². The minimum atomic E-state index is -0.737. The van der Waals surface area contributed by atoms with Gasteiger partial charge in [-0.1, -0.05) is 46.7 Å². The van der Waals surface area contributed by atoms with E-state index in [1.807, 2.05) is 30.5 Å². The number of allylic oxidation sites excluding steroid dienone is 1. The summed E-state index contributed by atoms with van der Waals surface area (Å²) in [6, 6.07) is 12.7. The number of halogens is 2. The van der Waals surface area contributed by atoms with Crippen molar-refractivity contribution < 1.29 is 18.9 Å². The van der Waals surface area contributed by atoms with Crippen LogP contribution in [0.15, 0.2) is 78.9 Å². The number of fused-ring (bicyclic) bond motifs is 1. The number of nitrogens with zero attached hydrogens (tertiary/aromatic N) is 3. The zero-order chi connectivity index (χ0) is 30.3. The second kappa shape index (κ2) is 11.9. The fourth-order valence-corrected chi connectivity index (χ4v) is 6.45. The van der Waals surface area contributed by atoms with Crippen molar-refractivity contribution in [3.8, 4) is 11.3 Å². The lowest BCUT2D eigenvalue weighted by Crippen LogP contribution is -2.40. The van der Waals surface area contributed by atoms with E-state index in [4.69, 9.17) is 32.4 Å². The van der Waals surface area contributed by atoms with Gasteiger partial charge in [-0.05, 0) is 62.9 Å². The number of aromatic nitrogens is 1. The number of rotatable bonds is 7. The summed E-state index contributed by atoms with van der Waals surface area (Å²) in [6.07, 6.45) is 3.19. The molecule has 0 N–H and O–H groups in total. The molecule has 9 nitrogen and oxygen atoms in total. The zero-order valence-corrected chi connectivity index (χ0v) is 25.9. The van der Waals surface area contributed by atoms with Crippen molar-refractivity contribution in [2.24, 2.45) is 4.99 Å². The Morgan fingerprint density at radius 1 is 1.19 bits per heavy atom. The van der Waals surface area contributed by atoms with E-state index in [1.165, 1.54) is 22.0 Å². The second-order valence-corrected chi connectivity index (χ2v) is 12.3. The summed E-state index contributed by atoms with van der Waals surface area (Å²) in [4.78, 5) is 43.7. The van der Waals surface area contributed by atoms with Gasteiger partial charge in [-0.15, -0.1) is 11.8 Å². The van der Waals surface area contributed by atoms with Gasteiger partial charge in [-0.25, -0.2) is 9.79 Å². The third kappa shape index (κ3) is 5.69. The standard InChI is InChI=1S/C29H23Cl2N3O6S2/c1-14(2)39-28(36)25-15(3)32-29-33(26(25)16-5-8-18(41-4)9-6-16)27(35)24(42-29)11-17-7-10-23(40-17)19-12-21(31)22(34(37)38)13-20(19)30/h5-14,26H,1-4H3/b24-11+/t26-/m0/s1. The minimum Gasteiger partial charge on any atom is -0.459 e. The molecular weight excluding hydrogens is 621 g/mol. The van der Waals surface area contributed by atoms with Crippen LogP contribution in [0.25, 0.3) is 17.4 Å². The third-order valence-electron chi connectivity index (χ3n) is 6.41. The van der Waals surface area contributed by atoms with Gasteiger partial charge in [0.1, 0.15) is 16.5 Å². The second-order valence-electron chi connectivity index (χ2n) is 9.55. The molecule has 0 saturated heterocycles. The van der Waals surface area contributed by atoms with Crippen LogP contribution in [0.4, 0.5) is 5.69 Å². The van der Waals surface area contributed by atoms with Crippen LogP contribution >= 0.6 is 46.3 Å². The highest BCUT2D eigenvalue weighted by Crippen LogP contribution is 2.37. The number of carbonyl (C=O) groups excluding carboxylic acids is 1. The molecule has 1 aliphatic rings. The summed E-state index contributed by atoms with van der Waals surface area (Å²) in [5.41, 5.74) is 1.21. The lowest BCUT2D eigenvalue weighted by molar-refractivity contribution is -0.384. The van der Waals surface area contributed by atoms with Crippen LogP contribution < -0.4 is 14.9 Å². The molecule has 0 bridgehead atoms. The SMILES string of the molecule is CSc1ccc([C@H]2C(C(=O)OC(C)C)=C(C)N=c3s/c(=C/c4ccc(-c5cc(Cl)c([N+](=O)[O-])cc5Cl)o4)c(=O)n32)cc1. The molecule has 42 heavy (non-hydrogen) atoms. The highest BCUT2D eigenvalue weighted by atomic mass is 35.5. The molecule has 0 radical (unpaired) electrons. The fraction of sp³-hybridized carbons (Fsp3) is 0.207. The van der Waals surface area contributed by atoms with Gasteiger partial charge in [0.05, 0.1) is 37.9 Å². The van der Waals surface area contributed by atoms with E-state index >= 15 is 0 Å². The first-order valence-corrected chi connectivity index (χ1v) is 15.4. The Hall–Kier alpha value is -3.64. The van der Waals surface area contributed by atoms with Crippen LogP contribution in [-0.4, -0.2) is 27.8 Å². The molecule has 2 aromatic carbocycles. The molecule has 0 saturated carbocycles. The molecular formula is C29H23Cl2N3O6S2. The van der Waals surface area contributed by atoms with Gasteiger partial charge in [-0.2, -0.15) is 0 Å². The van der Waals surface area contributed by atoms with Crippen molar-refractivity contribution in [3.63, 3.8) is 0 Å². The molecule has 216 valence electrons. The molecule has 0 spiro atoms. The van der Waals surface area contributed by atoms with E-state index in [0.29, 0.717) is 37.7 Å². The number of hydrogen-bond acceptors (Lipinski definition) is 9. The van der Waals surface area contributed by atoms with Gasteiger partial charge < -0.3 is 9.15 Å². The van der Waals surface area contributed by atoms with Gasteiger partial charge in [0, 0.05) is 22.6 Å². The summed E-state index contributed by atoms with van der Waals surface area (Å²) < 4.78 is 13.3. The smallest absolute Gasteiger partial charge is 0.338 e. The third-order valence-corrected chi connectivity index (χ3v) is 8.76. The molecule has 4 aromatic rings. The Morgan fingerprint density at radius 3 is 2.55 bits per heavy atom. The molecule has 13 heteroatoms. The molecule has 1 aliphatic heterocycles. The van der Waals surface area contributed by atoms with E-state index in [2.05, 4.69) is 4.99 Å². The number of nitro groups is 1. The summed E-state index contributed by atoms with van der Waals surface area (Å²) in [6.45, 7) is 5.26. The topological polar surface area (TPSA) is 117 Å². The Morgan fingerprint density at radius 2 is 1.90 bits per heavy atom. The zero-order valence-electron chi connectivity index (χ0n) is 22.7. The number of furan rings is 1. The average Bonchev–Trinajstić information content (AvgIpc) is 3.52. The first kappa shape index (κ1) is 29.8. The summed E-state index contributed by atoms with van der Waals surface area (Å²) >= 11 is 15.1. The van der Waals surface area contributed by atoms with Crippen molar-refractivity contribution >= 4 is 64.0 Å². The van der Waals surface area contributed by atoms with Crippen molar-refractivity contribution in [1.82, 2.24) is 4.57 Å². The number of ether oxygens (including phenoxy) is 1. The van der Waals surface area contributed by atoms with E-state index in [9.17, 15) is 19.7 Å². The van der Waals surface area contributed by atoms with Crippen LogP contribution in [0.3, 0.4) is 0 Å². The number of esters is 1. The molecule has 5 rings (SSSR count). The maximum Gasteiger partial charge on any atom is 0.338 e. The van der Waals surface area contributed by atoms with Crippen molar-refractivity contribution in [2.45, 2.75) is 37.8 Å². The van der Waals surface area contributed by atoms with Crippen LogP contribution in [0.2, 0.25) is 10.0 Å². The van der Waals surface area contributed by atoms with E-state index in [0.717, 1.165) is 16.5 Å². The summed E-state index contributed by atoms with van der Waals surface area (Å²) in [7, 11) is 0. The molecule has 2 aromatic heterocycles. The van der Waals surface area contributed by atoms with Crippen molar-refractivity contribution in [1.29, 1.82) is 0 Å². The number of hydrogen-bond donors (Lipinski definition) is 0. The van der Waals surface area contributed by atoms with Gasteiger partial charge in [0.15, 0.2) is 4.80 Å². The molecule has 1 atom stereocenters. The fourth-order valence-electron chi connectivity index (χ4n) is 4.53. The predicted molar refractivity (Wildman–Crippen MR) is 164 cm³/mol. The number of benzene rings is 2. The van der Waals surface area contributed by atoms with Crippen molar-refractivity contribution in [3.05, 3.63) is 111 Å². The van der Waals surface area contributed by atoms with E-state index in [1.54, 1.807) is 50.7 Å². The van der Waals surface area contributed by atoms with Crippen LogP contribution in [-0.2, 0) is 9.53 Å². The predicted octanol–water partition coefficient (Wildman–Crippen LogP) is 6.38. The first-order chi connectivity index (χ1) is 20.0. The lowest BCUT2D eigenvalue weighted by atomic mass is 9.96. The average molecular weight is 645 g/mol. The summed E-state index contributed by atoms with van der Waals surface area (Å²) in [5.74, 6) is 0.128. The molecule has 0 fully saturated rings. The molecule has 0 unspecified atom stereocenters. The number of carbonyl (C=O) groups is 1. The van der Waals surface area contributed by atoms with Gasteiger partial charge in [0.25, 0.3) is 11.2 Å². The lowest BCUT2D eigenvalue weighted by Gasteiger charge is -2.25. The minimum absolute atomic E-state index is 0.0848. The van der Waals surface area contributed by atoms with E-state index < -0.39 is 16.9 Å². The van der Waals surface area contributed by atoms with Crippen LogP contribution in [0.1, 0.15) is 38.1 Å². The maximum atomic E-state index is 13.9. The largest absolute Gasteiger partial charge is 0.459 e.